The summed E-state index contributed by atoms with van der Waals surface area (Å²) in [6.07, 6.45) is 1.46. The van der Waals surface area contributed by atoms with Crippen molar-refractivity contribution in [2.24, 2.45) is 5.10 Å². The highest BCUT2D eigenvalue weighted by molar-refractivity contribution is 6.37. The van der Waals surface area contributed by atoms with Gasteiger partial charge in [-0.2, -0.15) is 5.10 Å². The Bertz CT molecular complexity index is 1390. The van der Waals surface area contributed by atoms with Crippen LogP contribution in [0.25, 0.3) is 10.8 Å². The largest absolute Gasteiger partial charge is 0.493 e. The number of methoxy groups -OCH3 is 1. The van der Waals surface area contributed by atoms with Gasteiger partial charge in [0.05, 0.1) is 30.0 Å². The summed E-state index contributed by atoms with van der Waals surface area (Å²) in [6.45, 7) is 2.62. The van der Waals surface area contributed by atoms with Crippen LogP contribution in [-0.4, -0.2) is 25.8 Å². The molecule has 0 saturated carbocycles. The van der Waals surface area contributed by atoms with Crippen molar-refractivity contribution in [2.45, 2.75) is 13.5 Å². The van der Waals surface area contributed by atoms with E-state index >= 15 is 0 Å². The topological polar surface area (TPSA) is 69.2 Å². The van der Waals surface area contributed by atoms with Crippen molar-refractivity contribution in [3.63, 3.8) is 0 Å². The van der Waals surface area contributed by atoms with E-state index in [0.29, 0.717) is 51.6 Å². The summed E-state index contributed by atoms with van der Waals surface area (Å²) in [6, 6.07) is 22.4. The van der Waals surface area contributed by atoms with Gasteiger partial charge in [0.1, 0.15) is 6.61 Å². The molecule has 0 fully saturated rings. The van der Waals surface area contributed by atoms with Gasteiger partial charge in [-0.3, -0.25) is 4.79 Å². The van der Waals surface area contributed by atoms with Crippen LogP contribution in [0.3, 0.4) is 0 Å². The summed E-state index contributed by atoms with van der Waals surface area (Å²) in [4.78, 5) is 12.5. The second kappa shape index (κ2) is 11.8. The Labute approximate surface area is 219 Å². The van der Waals surface area contributed by atoms with E-state index in [2.05, 4.69) is 28.7 Å². The molecule has 8 heteroatoms. The van der Waals surface area contributed by atoms with Gasteiger partial charge in [0.2, 0.25) is 0 Å². The van der Waals surface area contributed by atoms with E-state index in [0.717, 1.165) is 16.3 Å². The molecule has 0 unspecified atom stereocenters. The minimum atomic E-state index is -0.401. The van der Waals surface area contributed by atoms with Gasteiger partial charge in [-0.15, -0.1) is 0 Å². The van der Waals surface area contributed by atoms with Crippen molar-refractivity contribution in [1.29, 1.82) is 0 Å². The molecule has 4 rings (SSSR count). The lowest BCUT2D eigenvalue weighted by Gasteiger charge is -2.12. The smallest absolute Gasteiger partial charge is 0.271 e. The van der Waals surface area contributed by atoms with Crippen molar-refractivity contribution in [3.8, 4) is 17.2 Å². The number of nitrogens with zero attached hydrogens (tertiary/aromatic N) is 1. The molecule has 184 valence electrons. The highest BCUT2D eigenvalue weighted by Gasteiger charge is 2.12. The van der Waals surface area contributed by atoms with E-state index < -0.39 is 5.91 Å². The first-order chi connectivity index (χ1) is 17.5. The Hall–Kier alpha value is -3.74. The molecule has 36 heavy (non-hydrogen) atoms. The predicted molar refractivity (Wildman–Crippen MR) is 144 cm³/mol. The van der Waals surface area contributed by atoms with Crippen LogP contribution in [-0.2, 0) is 6.61 Å². The Morgan fingerprint density at radius 3 is 2.44 bits per heavy atom. The van der Waals surface area contributed by atoms with Crippen LogP contribution in [0.4, 0.5) is 0 Å². The number of hydrazone groups is 1. The Kier molecular flexibility index (Phi) is 8.31. The van der Waals surface area contributed by atoms with Gasteiger partial charge in [-0.05, 0) is 59.2 Å². The van der Waals surface area contributed by atoms with Gasteiger partial charge >= 0.3 is 0 Å². The lowest BCUT2D eigenvalue weighted by Crippen LogP contribution is -2.17. The first-order valence-electron chi connectivity index (χ1n) is 11.2. The summed E-state index contributed by atoms with van der Waals surface area (Å²) in [5.74, 6) is 1.01. The first kappa shape index (κ1) is 25.4. The number of nitrogens with one attached hydrogen (secondary N) is 1. The zero-order valence-electron chi connectivity index (χ0n) is 19.8. The van der Waals surface area contributed by atoms with E-state index in [-0.39, 0.29) is 0 Å². The number of halogens is 2. The summed E-state index contributed by atoms with van der Waals surface area (Å²) in [5.41, 5.74) is 4.50. The molecule has 0 aliphatic rings. The van der Waals surface area contributed by atoms with Crippen LogP contribution < -0.4 is 19.6 Å². The van der Waals surface area contributed by atoms with E-state index in [1.807, 2.05) is 31.2 Å². The number of hydrogen-bond acceptors (Lipinski definition) is 5. The van der Waals surface area contributed by atoms with Gasteiger partial charge in [0.25, 0.3) is 5.91 Å². The standard InChI is InChI=1S/C28H24Cl2N2O4/c1-3-35-26-15-20(11-12-25(26)34-2)28(33)32-31-16-18-13-23(29)27(24(30)14-18)36-17-21-9-6-8-19-7-4-5-10-22(19)21/h4-16H,3,17H2,1-2H3,(H,32,33)/b31-16+. The average molecular weight is 523 g/mol. The van der Waals surface area contributed by atoms with Gasteiger partial charge in [-0.25, -0.2) is 5.43 Å². The highest BCUT2D eigenvalue weighted by Crippen LogP contribution is 2.35. The maximum Gasteiger partial charge on any atom is 0.271 e. The number of fused-ring (bicyclic) bond motifs is 1. The lowest BCUT2D eigenvalue weighted by molar-refractivity contribution is 0.0954. The van der Waals surface area contributed by atoms with Crippen molar-refractivity contribution in [3.05, 3.63) is 99.5 Å². The van der Waals surface area contributed by atoms with Crippen molar-refractivity contribution >= 4 is 46.1 Å². The zero-order valence-corrected chi connectivity index (χ0v) is 21.3. The number of carbonyl (C=O) groups is 1. The lowest BCUT2D eigenvalue weighted by atomic mass is 10.1. The number of rotatable bonds is 9. The normalized spacial score (nSPS) is 11.0. The first-order valence-corrected chi connectivity index (χ1v) is 12.0. The number of amides is 1. The van der Waals surface area contributed by atoms with Crippen LogP contribution in [0, 0.1) is 0 Å². The molecule has 0 aliphatic heterocycles. The summed E-state index contributed by atoms with van der Waals surface area (Å²) < 4.78 is 16.7. The maximum absolute atomic E-state index is 12.5. The fourth-order valence-corrected chi connectivity index (χ4v) is 4.29. The molecule has 0 atom stereocenters. The molecule has 0 aromatic heterocycles. The van der Waals surface area contributed by atoms with Crippen LogP contribution in [0.5, 0.6) is 17.2 Å². The molecule has 0 spiro atoms. The molecular formula is C28H24Cl2N2O4. The van der Waals surface area contributed by atoms with E-state index in [9.17, 15) is 4.79 Å². The maximum atomic E-state index is 12.5. The fourth-order valence-electron chi connectivity index (χ4n) is 3.68. The Morgan fingerprint density at radius 1 is 0.944 bits per heavy atom. The SMILES string of the molecule is CCOc1cc(C(=O)N/N=C/c2cc(Cl)c(OCc3cccc4ccccc34)c(Cl)c2)ccc1OC. The average Bonchev–Trinajstić information content (AvgIpc) is 2.88. The zero-order chi connectivity index (χ0) is 25.5. The molecule has 1 N–H and O–H groups in total. The molecule has 1 amide bonds. The molecule has 4 aromatic rings. The van der Waals surface area contributed by atoms with Crippen LogP contribution in [0.15, 0.2) is 77.9 Å². The van der Waals surface area contributed by atoms with Crippen molar-refractivity contribution in [2.75, 3.05) is 13.7 Å². The number of ether oxygens (including phenoxy) is 3. The predicted octanol–water partition coefficient (Wildman–Crippen LogP) is 6.90. The molecule has 0 aliphatic carbocycles. The minimum absolute atomic E-state index is 0.315. The number of hydrogen-bond donors (Lipinski definition) is 1. The van der Waals surface area contributed by atoms with E-state index in [1.165, 1.54) is 13.3 Å². The van der Waals surface area contributed by atoms with Gasteiger partial charge in [0, 0.05) is 5.56 Å². The van der Waals surface area contributed by atoms with Crippen LogP contribution in [0.2, 0.25) is 10.0 Å². The fraction of sp³-hybridized carbons (Fsp3) is 0.143. The van der Waals surface area contributed by atoms with E-state index in [4.69, 9.17) is 37.4 Å². The van der Waals surface area contributed by atoms with Crippen molar-refractivity contribution < 1.29 is 19.0 Å². The summed E-state index contributed by atoms with van der Waals surface area (Å²) >= 11 is 12.9. The van der Waals surface area contributed by atoms with Gasteiger partial charge < -0.3 is 14.2 Å². The van der Waals surface area contributed by atoms with Crippen LogP contribution in [0.1, 0.15) is 28.4 Å². The Morgan fingerprint density at radius 2 is 1.69 bits per heavy atom. The third-order valence-corrected chi connectivity index (χ3v) is 5.94. The molecule has 0 radical (unpaired) electrons. The Balaban J connectivity index is 1.43. The highest BCUT2D eigenvalue weighted by atomic mass is 35.5. The van der Waals surface area contributed by atoms with Crippen molar-refractivity contribution in [1.82, 2.24) is 5.43 Å². The molecular weight excluding hydrogens is 499 g/mol. The monoisotopic (exact) mass is 522 g/mol. The summed E-state index contributed by atoms with van der Waals surface area (Å²) in [7, 11) is 1.54. The van der Waals surface area contributed by atoms with E-state index in [1.54, 1.807) is 30.3 Å². The third kappa shape index (κ3) is 5.90. The second-order valence-electron chi connectivity index (χ2n) is 7.74. The number of carbonyl (C=O) groups excluding carboxylic acids is 1. The molecule has 0 heterocycles. The second-order valence-corrected chi connectivity index (χ2v) is 8.55. The third-order valence-electron chi connectivity index (χ3n) is 5.38. The molecule has 0 bridgehead atoms. The quantitative estimate of drug-likeness (QED) is 0.192. The number of benzene rings is 4. The summed E-state index contributed by atoms with van der Waals surface area (Å²) in [5, 5.41) is 6.94. The van der Waals surface area contributed by atoms with Gasteiger partial charge in [0.15, 0.2) is 17.2 Å². The molecule has 4 aromatic carbocycles. The van der Waals surface area contributed by atoms with Crippen LogP contribution >= 0.6 is 23.2 Å². The van der Waals surface area contributed by atoms with Gasteiger partial charge in [-0.1, -0.05) is 65.7 Å². The molecule has 0 saturated heterocycles. The molecule has 6 nitrogen and oxygen atoms in total. The minimum Gasteiger partial charge on any atom is -0.493 e.